The van der Waals surface area contributed by atoms with E-state index in [1.807, 2.05) is 0 Å². The number of anilines is 1. The number of nitrogens with one attached hydrogen (secondary N) is 1. The van der Waals surface area contributed by atoms with Gasteiger partial charge in [0.25, 0.3) is 5.91 Å². The molecule has 1 fully saturated rings. The van der Waals surface area contributed by atoms with Crippen molar-refractivity contribution in [2.45, 2.75) is 28.9 Å². The number of benzene rings is 1. The Morgan fingerprint density at radius 1 is 1.23 bits per heavy atom. The number of hydrogen-bond acceptors (Lipinski definition) is 7. The zero-order valence-corrected chi connectivity index (χ0v) is 14.9. The van der Waals surface area contributed by atoms with Crippen molar-refractivity contribution in [3.63, 3.8) is 0 Å². The molecule has 1 N–H and O–H groups in total. The van der Waals surface area contributed by atoms with Gasteiger partial charge in [-0.1, -0.05) is 28.3 Å². The van der Waals surface area contributed by atoms with Crippen LogP contribution in [-0.2, 0) is 5.75 Å². The molecule has 0 unspecified atom stereocenters. The van der Waals surface area contributed by atoms with Crippen molar-refractivity contribution < 1.29 is 18.1 Å². The molecule has 3 aromatic rings. The summed E-state index contributed by atoms with van der Waals surface area (Å²) in [5, 5.41) is 14.5. The van der Waals surface area contributed by atoms with E-state index in [0.29, 0.717) is 26.7 Å². The molecule has 0 bridgehead atoms. The van der Waals surface area contributed by atoms with E-state index in [-0.39, 0.29) is 5.69 Å². The highest BCUT2D eigenvalue weighted by molar-refractivity contribution is 8.00. The topological polar surface area (TPSA) is 80.9 Å². The van der Waals surface area contributed by atoms with Crippen LogP contribution in [0.4, 0.5) is 13.9 Å². The summed E-state index contributed by atoms with van der Waals surface area (Å²) in [5.74, 6) is -0.216. The van der Waals surface area contributed by atoms with E-state index in [1.54, 1.807) is 6.07 Å². The first-order valence-electron chi connectivity index (χ1n) is 7.76. The molecular weight excluding hydrogens is 382 g/mol. The lowest BCUT2D eigenvalue weighted by Gasteiger charge is -1.99. The van der Waals surface area contributed by atoms with E-state index in [1.165, 1.54) is 35.2 Å². The second-order valence-corrected chi connectivity index (χ2v) is 7.98. The number of halogens is 2. The highest BCUT2D eigenvalue weighted by atomic mass is 32.2. The minimum atomic E-state index is -0.621. The third-order valence-electron chi connectivity index (χ3n) is 3.65. The Kier molecular flexibility index (Phi) is 4.68. The van der Waals surface area contributed by atoms with Gasteiger partial charge in [0.15, 0.2) is 10.0 Å². The lowest BCUT2D eigenvalue weighted by atomic mass is 10.2. The Hall–Kier alpha value is -2.33. The first kappa shape index (κ1) is 17.1. The minimum absolute atomic E-state index is 0.200. The van der Waals surface area contributed by atoms with Crippen molar-refractivity contribution in [1.82, 2.24) is 15.4 Å². The molecule has 6 nitrogen and oxygen atoms in total. The lowest BCUT2D eigenvalue weighted by Crippen LogP contribution is -2.11. The van der Waals surface area contributed by atoms with Gasteiger partial charge in [0.2, 0.25) is 5.13 Å². The number of rotatable bonds is 6. The first-order chi connectivity index (χ1) is 12.6. The third-order valence-corrected chi connectivity index (χ3v) is 5.70. The molecule has 1 aliphatic rings. The summed E-state index contributed by atoms with van der Waals surface area (Å²) in [6, 6.07) is 5.00. The van der Waals surface area contributed by atoms with E-state index in [9.17, 15) is 13.6 Å². The zero-order chi connectivity index (χ0) is 18.1. The Labute approximate surface area is 155 Å². The number of amides is 1. The molecule has 0 saturated heterocycles. The summed E-state index contributed by atoms with van der Waals surface area (Å²) in [4.78, 5) is 12.1. The van der Waals surface area contributed by atoms with Crippen LogP contribution in [0.1, 0.15) is 40.6 Å². The normalized spacial score (nSPS) is 13.8. The van der Waals surface area contributed by atoms with Crippen LogP contribution >= 0.6 is 23.1 Å². The van der Waals surface area contributed by atoms with Gasteiger partial charge < -0.3 is 4.52 Å². The smallest absolute Gasteiger partial charge is 0.279 e. The molecule has 1 amide bonds. The van der Waals surface area contributed by atoms with Crippen molar-refractivity contribution >= 4 is 34.1 Å². The predicted molar refractivity (Wildman–Crippen MR) is 92.3 cm³/mol. The van der Waals surface area contributed by atoms with Crippen molar-refractivity contribution in [2.75, 3.05) is 5.32 Å². The lowest BCUT2D eigenvalue weighted by molar-refractivity contribution is 0.101. The average Bonchev–Trinajstić information content (AvgIpc) is 3.15. The van der Waals surface area contributed by atoms with Crippen LogP contribution in [0.15, 0.2) is 33.1 Å². The van der Waals surface area contributed by atoms with Crippen LogP contribution in [0.2, 0.25) is 0 Å². The monoisotopic (exact) mass is 394 g/mol. The quantitative estimate of drug-likeness (QED) is 0.498. The fourth-order valence-electron chi connectivity index (χ4n) is 2.28. The van der Waals surface area contributed by atoms with Gasteiger partial charge in [-0.25, -0.2) is 8.78 Å². The predicted octanol–water partition coefficient (Wildman–Crippen LogP) is 4.23. The molecule has 0 aliphatic heterocycles. The highest BCUT2D eigenvalue weighted by Crippen LogP contribution is 2.40. The summed E-state index contributed by atoms with van der Waals surface area (Å²) in [6.45, 7) is 0. The fourth-order valence-corrected chi connectivity index (χ4v) is 3.95. The number of carbonyl (C=O) groups is 1. The maximum atomic E-state index is 13.2. The standard InChI is InChI=1S/C16H12F2N4O2S2/c17-10-3-8(4-11(18)5-10)7-25-16-21-20-15(26-16)19-14(23)12-6-13(24-22-12)9-1-2-9/h3-6,9H,1-2,7H2,(H,19,20,23). The molecule has 134 valence electrons. The minimum Gasteiger partial charge on any atom is -0.360 e. The van der Waals surface area contributed by atoms with E-state index in [0.717, 1.165) is 24.7 Å². The van der Waals surface area contributed by atoms with Crippen LogP contribution in [0.25, 0.3) is 0 Å². The van der Waals surface area contributed by atoms with Gasteiger partial charge in [-0.3, -0.25) is 10.1 Å². The molecule has 2 heterocycles. The number of aromatic nitrogens is 3. The highest BCUT2D eigenvalue weighted by Gasteiger charge is 2.29. The maximum Gasteiger partial charge on any atom is 0.279 e. The van der Waals surface area contributed by atoms with E-state index >= 15 is 0 Å². The summed E-state index contributed by atoms with van der Waals surface area (Å²) in [6.07, 6.45) is 2.12. The van der Waals surface area contributed by atoms with Gasteiger partial charge in [0.1, 0.15) is 17.4 Å². The summed E-state index contributed by atoms with van der Waals surface area (Å²) >= 11 is 2.45. The molecule has 1 aromatic carbocycles. The van der Waals surface area contributed by atoms with Crippen molar-refractivity contribution in [1.29, 1.82) is 0 Å². The largest absolute Gasteiger partial charge is 0.360 e. The van der Waals surface area contributed by atoms with Gasteiger partial charge in [-0.15, -0.1) is 10.2 Å². The molecule has 2 aromatic heterocycles. The van der Waals surface area contributed by atoms with Crippen LogP contribution in [0, 0.1) is 11.6 Å². The third kappa shape index (κ3) is 4.07. The van der Waals surface area contributed by atoms with Gasteiger partial charge in [0.05, 0.1) is 0 Å². The number of nitrogens with zero attached hydrogens (tertiary/aromatic N) is 3. The number of hydrogen-bond donors (Lipinski definition) is 1. The Morgan fingerprint density at radius 2 is 2.00 bits per heavy atom. The van der Waals surface area contributed by atoms with E-state index in [4.69, 9.17) is 4.52 Å². The molecule has 1 saturated carbocycles. The van der Waals surface area contributed by atoms with Crippen LogP contribution in [-0.4, -0.2) is 21.3 Å². The molecule has 1 aliphatic carbocycles. The molecule has 0 atom stereocenters. The maximum absolute atomic E-state index is 13.2. The summed E-state index contributed by atoms with van der Waals surface area (Å²) < 4.78 is 32.1. The molecule has 26 heavy (non-hydrogen) atoms. The van der Waals surface area contributed by atoms with Gasteiger partial charge in [-0.2, -0.15) is 0 Å². The van der Waals surface area contributed by atoms with Crippen LogP contribution in [0.3, 0.4) is 0 Å². The molecule has 4 rings (SSSR count). The summed E-state index contributed by atoms with van der Waals surface area (Å²) in [7, 11) is 0. The second-order valence-electron chi connectivity index (χ2n) is 5.78. The molecular formula is C16H12F2N4O2S2. The van der Waals surface area contributed by atoms with Crippen LogP contribution < -0.4 is 5.32 Å². The average molecular weight is 394 g/mol. The Bertz CT molecular complexity index is 935. The molecule has 0 radical (unpaired) electrons. The Morgan fingerprint density at radius 3 is 2.73 bits per heavy atom. The first-order valence-corrected chi connectivity index (χ1v) is 9.56. The Balaban J connectivity index is 1.35. The van der Waals surface area contributed by atoms with E-state index < -0.39 is 17.5 Å². The van der Waals surface area contributed by atoms with Gasteiger partial charge >= 0.3 is 0 Å². The van der Waals surface area contributed by atoms with Gasteiger partial charge in [0, 0.05) is 23.8 Å². The van der Waals surface area contributed by atoms with Gasteiger partial charge in [-0.05, 0) is 30.5 Å². The summed E-state index contributed by atoms with van der Waals surface area (Å²) in [5.41, 5.74) is 0.704. The number of carbonyl (C=O) groups excluding carboxylic acids is 1. The van der Waals surface area contributed by atoms with Crippen molar-refractivity contribution in [3.8, 4) is 0 Å². The van der Waals surface area contributed by atoms with Crippen LogP contribution in [0.5, 0.6) is 0 Å². The second kappa shape index (κ2) is 7.12. The zero-order valence-electron chi connectivity index (χ0n) is 13.2. The van der Waals surface area contributed by atoms with Crippen molar-refractivity contribution in [2.24, 2.45) is 0 Å². The molecule has 0 spiro atoms. The number of thioether (sulfide) groups is 1. The molecule has 10 heteroatoms. The fraction of sp³-hybridized carbons (Fsp3) is 0.250. The van der Waals surface area contributed by atoms with E-state index in [2.05, 4.69) is 20.7 Å². The SMILES string of the molecule is O=C(Nc1nnc(SCc2cc(F)cc(F)c2)s1)c1cc(C2CC2)on1. The van der Waals surface area contributed by atoms with Crippen molar-refractivity contribution in [3.05, 3.63) is 52.9 Å².